The Balaban J connectivity index is 2.32. The average molecular weight is 236 g/mol. The lowest BCUT2D eigenvalue weighted by atomic mass is 10.0. The van der Waals surface area contributed by atoms with E-state index in [0.717, 1.165) is 21.8 Å². The maximum Gasteiger partial charge on any atom is 0.316 e. The van der Waals surface area contributed by atoms with Gasteiger partial charge in [-0.2, -0.15) is 0 Å². The predicted octanol–water partition coefficient (Wildman–Crippen LogP) is 3.48. The van der Waals surface area contributed by atoms with Crippen molar-refractivity contribution >= 4 is 33.3 Å². The van der Waals surface area contributed by atoms with Crippen LogP contribution in [-0.2, 0) is 0 Å². The van der Waals surface area contributed by atoms with Gasteiger partial charge >= 0.3 is 6.03 Å². The van der Waals surface area contributed by atoms with E-state index < -0.39 is 6.03 Å². The summed E-state index contributed by atoms with van der Waals surface area (Å²) in [7, 11) is 0. The van der Waals surface area contributed by atoms with Gasteiger partial charge in [-0.15, -0.1) is 0 Å². The third-order valence-electron chi connectivity index (χ3n) is 3.00. The number of nitrogens with two attached hydrogens (primary N) is 1. The molecule has 0 aliphatic carbocycles. The Kier molecular flexibility index (Phi) is 2.38. The molecule has 0 aromatic heterocycles. The number of hydrogen-bond donors (Lipinski definition) is 2. The van der Waals surface area contributed by atoms with Gasteiger partial charge in [0.15, 0.2) is 0 Å². The first-order valence-corrected chi connectivity index (χ1v) is 5.72. The fraction of sp³-hybridized carbons (Fsp3) is 0. The molecule has 3 rings (SSSR count). The number of carbonyl (C=O) groups excluding carboxylic acids is 1. The maximum atomic E-state index is 11.0. The van der Waals surface area contributed by atoms with Crippen molar-refractivity contribution in [1.82, 2.24) is 0 Å². The smallest absolute Gasteiger partial charge is 0.316 e. The van der Waals surface area contributed by atoms with Crippen molar-refractivity contribution in [2.24, 2.45) is 5.73 Å². The number of benzene rings is 3. The van der Waals surface area contributed by atoms with Gasteiger partial charge in [-0.1, -0.05) is 36.4 Å². The zero-order valence-corrected chi connectivity index (χ0v) is 9.68. The Morgan fingerprint density at radius 3 is 2.28 bits per heavy atom. The molecule has 0 aliphatic rings. The summed E-state index contributed by atoms with van der Waals surface area (Å²) in [5.41, 5.74) is 5.92. The lowest BCUT2D eigenvalue weighted by Gasteiger charge is -2.08. The molecule has 0 saturated heterocycles. The van der Waals surface area contributed by atoms with Crippen LogP contribution >= 0.6 is 0 Å². The van der Waals surface area contributed by atoms with Crippen LogP contribution in [0.25, 0.3) is 21.5 Å². The summed E-state index contributed by atoms with van der Waals surface area (Å²) in [5, 5.41) is 7.05. The van der Waals surface area contributed by atoms with Crippen LogP contribution in [0, 0.1) is 0 Å². The van der Waals surface area contributed by atoms with Gasteiger partial charge in [-0.05, 0) is 34.4 Å². The van der Waals surface area contributed by atoms with Crippen LogP contribution < -0.4 is 11.1 Å². The first-order valence-electron chi connectivity index (χ1n) is 5.72. The zero-order chi connectivity index (χ0) is 12.5. The minimum Gasteiger partial charge on any atom is -0.351 e. The fourth-order valence-electron chi connectivity index (χ4n) is 2.21. The van der Waals surface area contributed by atoms with Crippen LogP contribution in [0.2, 0.25) is 0 Å². The number of nitrogens with one attached hydrogen (secondary N) is 1. The number of carbonyl (C=O) groups is 1. The molecule has 0 fully saturated rings. The highest BCUT2D eigenvalue weighted by Gasteiger charge is 2.04. The van der Waals surface area contributed by atoms with Crippen molar-refractivity contribution in [1.29, 1.82) is 0 Å². The van der Waals surface area contributed by atoms with Crippen molar-refractivity contribution in [3.63, 3.8) is 0 Å². The van der Waals surface area contributed by atoms with Crippen LogP contribution in [-0.4, -0.2) is 6.03 Å². The van der Waals surface area contributed by atoms with Gasteiger partial charge in [0.1, 0.15) is 0 Å². The van der Waals surface area contributed by atoms with E-state index >= 15 is 0 Å². The molecular formula is C15H12N2O. The molecule has 18 heavy (non-hydrogen) atoms. The van der Waals surface area contributed by atoms with Crippen LogP contribution in [0.1, 0.15) is 0 Å². The summed E-state index contributed by atoms with van der Waals surface area (Å²) in [5.74, 6) is 0. The molecule has 0 bridgehead atoms. The van der Waals surface area contributed by atoms with Gasteiger partial charge in [0.2, 0.25) is 0 Å². The zero-order valence-electron chi connectivity index (χ0n) is 9.68. The highest BCUT2D eigenvalue weighted by molar-refractivity contribution is 6.06. The van der Waals surface area contributed by atoms with E-state index in [-0.39, 0.29) is 0 Å². The normalized spacial score (nSPS) is 10.7. The van der Waals surface area contributed by atoms with E-state index in [4.69, 9.17) is 5.73 Å². The van der Waals surface area contributed by atoms with Crippen LogP contribution in [0.4, 0.5) is 10.5 Å². The lowest BCUT2D eigenvalue weighted by Crippen LogP contribution is -2.19. The molecule has 0 spiro atoms. The third-order valence-corrected chi connectivity index (χ3v) is 3.00. The second-order valence-electron chi connectivity index (χ2n) is 4.22. The van der Waals surface area contributed by atoms with E-state index in [1.54, 1.807) is 0 Å². The Hall–Kier alpha value is -2.55. The molecule has 0 aliphatic heterocycles. The van der Waals surface area contributed by atoms with Crippen LogP contribution in [0.15, 0.2) is 54.6 Å². The van der Waals surface area contributed by atoms with Gasteiger partial charge in [0.25, 0.3) is 0 Å². The summed E-state index contributed by atoms with van der Waals surface area (Å²) >= 11 is 0. The monoisotopic (exact) mass is 236 g/mol. The van der Waals surface area contributed by atoms with Crippen molar-refractivity contribution in [2.75, 3.05) is 5.32 Å². The summed E-state index contributed by atoms with van der Waals surface area (Å²) in [6, 6.07) is 17.5. The first kappa shape index (κ1) is 10.6. The molecule has 3 aromatic carbocycles. The Morgan fingerprint density at radius 2 is 1.56 bits per heavy atom. The van der Waals surface area contributed by atoms with Gasteiger partial charge in [-0.3, -0.25) is 0 Å². The van der Waals surface area contributed by atoms with Crippen molar-refractivity contribution < 1.29 is 4.79 Å². The van der Waals surface area contributed by atoms with Gasteiger partial charge in [-0.25, -0.2) is 4.79 Å². The quantitative estimate of drug-likeness (QED) is 0.624. The summed E-state index contributed by atoms with van der Waals surface area (Å²) in [4.78, 5) is 11.0. The molecule has 0 atom stereocenters. The number of hydrogen-bond acceptors (Lipinski definition) is 1. The number of amides is 2. The van der Waals surface area contributed by atoms with Crippen LogP contribution in [0.5, 0.6) is 0 Å². The van der Waals surface area contributed by atoms with E-state index in [0.29, 0.717) is 0 Å². The molecule has 0 saturated carbocycles. The number of urea groups is 1. The van der Waals surface area contributed by atoms with Crippen molar-refractivity contribution in [2.45, 2.75) is 0 Å². The van der Waals surface area contributed by atoms with Crippen LogP contribution in [0.3, 0.4) is 0 Å². The highest BCUT2D eigenvalue weighted by Crippen LogP contribution is 2.28. The number of fused-ring (bicyclic) bond motifs is 2. The summed E-state index contributed by atoms with van der Waals surface area (Å²) in [6.45, 7) is 0. The third kappa shape index (κ3) is 1.76. The highest BCUT2D eigenvalue weighted by atomic mass is 16.2. The molecule has 0 radical (unpaired) electrons. The average Bonchev–Trinajstić information content (AvgIpc) is 2.36. The Morgan fingerprint density at radius 1 is 0.889 bits per heavy atom. The van der Waals surface area contributed by atoms with Crippen molar-refractivity contribution in [3.05, 3.63) is 54.6 Å². The summed E-state index contributed by atoms with van der Waals surface area (Å²) < 4.78 is 0. The largest absolute Gasteiger partial charge is 0.351 e. The molecular weight excluding hydrogens is 224 g/mol. The Bertz CT molecular complexity index is 750. The minimum absolute atomic E-state index is 0.546. The second kappa shape index (κ2) is 4.04. The molecule has 0 heterocycles. The topological polar surface area (TPSA) is 55.1 Å². The molecule has 3 N–H and O–H groups in total. The van der Waals surface area contributed by atoms with Crippen molar-refractivity contribution in [3.8, 4) is 0 Å². The fourth-order valence-corrected chi connectivity index (χ4v) is 2.21. The lowest BCUT2D eigenvalue weighted by molar-refractivity contribution is 0.259. The predicted molar refractivity (Wildman–Crippen MR) is 74.7 cm³/mol. The molecule has 88 valence electrons. The molecule has 2 amide bonds. The number of anilines is 1. The number of rotatable bonds is 1. The molecule has 3 nitrogen and oxygen atoms in total. The molecule has 0 unspecified atom stereocenters. The molecule has 3 heteroatoms. The van der Waals surface area contributed by atoms with Gasteiger partial charge < -0.3 is 11.1 Å². The SMILES string of the molecule is NC(=O)Nc1cccc2cc3ccccc3cc12. The van der Waals surface area contributed by atoms with E-state index in [9.17, 15) is 4.79 Å². The van der Waals surface area contributed by atoms with E-state index in [2.05, 4.69) is 29.6 Å². The standard InChI is InChI=1S/C15H12N2O/c16-15(18)17-14-7-3-6-12-8-10-4-1-2-5-11(10)9-13(12)14/h1-9H,(H3,16,17,18). The second-order valence-corrected chi connectivity index (χ2v) is 4.22. The van der Waals surface area contributed by atoms with E-state index in [1.165, 1.54) is 5.39 Å². The van der Waals surface area contributed by atoms with E-state index in [1.807, 2.05) is 30.3 Å². The Labute approximate surface area is 104 Å². The summed E-state index contributed by atoms with van der Waals surface area (Å²) in [6.07, 6.45) is 0. The molecule has 3 aromatic rings. The van der Waals surface area contributed by atoms with Gasteiger partial charge in [0.05, 0.1) is 5.69 Å². The van der Waals surface area contributed by atoms with Gasteiger partial charge in [0, 0.05) is 5.39 Å². The number of primary amides is 1. The maximum absolute atomic E-state index is 11.0. The minimum atomic E-state index is -0.546. The first-order chi connectivity index (χ1) is 8.74.